The van der Waals surface area contributed by atoms with Crippen LogP contribution in [0.2, 0.25) is 0 Å². The highest BCUT2D eigenvalue weighted by molar-refractivity contribution is 5.75. The molecular formula is C12H25N3O3. The summed E-state index contributed by atoms with van der Waals surface area (Å²) in [5, 5.41) is 8.35. The number of hydrogen-bond acceptors (Lipinski definition) is 4. The van der Waals surface area contributed by atoms with E-state index in [0.717, 1.165) is 0 Å². The molecule has 0 aliphatic heterocycles. The van der Waals surface area contributed by atoms with Crippen molar-refractivity contribution < 1.29 is 14.3 Å². The van der Waals surface area contributed by atoms with E-state index in [1.165, 1.54) is 0 Å². The fourth-order valence-electron chi connectivity index (χ4n) is 1.18. The summed E-state index contributed by atoms with van der Waals surface area (Å²) < 4.78 is 5.11. The molecule has 1 unspecified atom stereocenters. The van der Waals surface area contributed by atoms with Crippen LogP contribution < -0.4 is 16.0 Å². The fraction of sp³-hybridized carbons (Fsp3) is 0.833. The smallest absolute Gasteiger partial charge is 0.407 e. The van der Waals surface area contributed by atoms with Gasteiger partial charge in [-0.2, -0.15) is 0 Å². The Morgan fingerprint density at radius 3 is 2.39 bits per heavy atom. The van der Waals surface area contributed by atoms with E-state index in [9.17, 15) is 9.59 Å². The van der Waals surface area contributed by atoms with Crippen LogP contribution >= 0.6 is 0 Å². The normalized spacial score (nSPS) is 12.7. The highest BCUT2D eigenvalue weighted by Gasteiger charge is 2.16. The third kappa shape index (κ3) is 9.89. The maximum Gasteiger partial charge on any atom is 0.407 e. The average molecular weight is 259 g/mol. The lowest BCUT2D eigenvalue weighted by Gasteiger charge is -2.21. The van der Waals surface area contributed by atoms with Gasteiger partial charge in [-0.05, 0) is 27.7 Å². The molecule has 0 bridgehead atoms. The molecule has 0 saturated heterocycles. The molecule has 0 aromatic carbocycles. The van der Waals surface area contributed by atoms with Gasteiger partial charge in [-0.3, -0.25) is 4.79 Å². The minimum Gasteiger partial charge on any atom is -0.444 e. The van der Waals surface area contributed by atoms with Crippen molar-refractivity contribution in [3.63, 3.8) is 0 Å². The standard InChI is InChI=1S/C12H25N3O3/c1-9(14-7-6-10(16)13-5)8-15-11(17)18-12(2,3)4/h9,14H,6-8H2,1-5H3,(H,13,16)(H,15,17). The summed E-state index contributed by atoms with van der Waals surface area (Å²) >= 11 is 0. The third-order valence-electron chi connectivity index (χ3n) is 2.08. The van der Waals surface area contributed by atoms with Crippen LogP contribution in [0.15, 0.2) is 0 Å². The molecule has 0 spiro atoms. The van der Waals surface area contributed by atoms with Crippen LogP contribution in [-0.4, -0.2) is 43.8 Å². The lowest BCUT2D eigenvalue weighted by Crippen LogP contribution is -2.42. The molecule has 0 fully saturated rings. The summed E-state index contributed by atoms with van der Waals surface area (Å²) in [5.41, 5.74) is -0.486. The number of carbonyl (C=O) groups excluding carboxylic acids is 2. The van der Waals surface area contributed by atoms with Crippen molar-refractivity contribution in [2.45, 2.75) is 45.8 Å². The molecule has 3 N–H and O–H groups in total. The van der Waals surface area contributed by atoms with Gasteiger partial charge in [0.25, 0.3) is 0 Å². The largest absolute Gasteiger partial charge is 0.444 e. The topological polar surface area (TPSA) is 79.5 Å². The highest BCUT2D eigenvalue weighted by Crippen LogP contribution is 2.06. The second-order valence-electron chi connectivity index (χ2n) is 5.16. The van der Waals surface area contributed by atoms with E-state index in [1.54, 1.807) is 7.05 Å². The van der Waals surface area contributed by atoms with Crippen LogP contribution in [0.4, 0.5) is 4.79 Å². The zero-order valence-corrected chi connectivity index (χ0v) is 11.9. The van der Waals surface area contributed by atoms with Crippen molar-refractivity contribution in [3.05, 3.63) is 0 Å². The first-order valence-corrected chi connectivity index (χ1v) is 6.15. The van der Waals surface area contributed by atoms with Gasteiger partial charge in [0.05, 0.1) is 0 Å². The lowest BCUT2D eigenvalue weighted by atomic mass is 10.2. The Bertz CT molecular complexity index is 274. The number of nitrogens with one attached hydrogen (secondary N) is 3. The predicted octanol–water partition coefficient (Wildman–Crippen LogP) is 0.625. The molecule has 0 rings (SSSR count). The molecule has 0 heterocycles. The van der Waals surface area contributed by atoms with E-state index in [-0.39, 0.29) is 11.9 Å². The first kappa shape index (κ1) is 16.7. The molecule has 0 aliphatic rings. The maximum absolute atomic E-state index is 11.4. The van der Waals surface area contributed by atoms with Gasteiger partial charge in [-0.15, -0.1) is 0 Å². The van der Waals surface area contributed by atoms with Crippen molar-refractivity contribution >= 4 is 12.0 Å². The number of carbonyl (C=O) groups is 2. The predicted molar refractivity (Wildman–Crippen MR) is 70.4 cm³/mol. The average Bonchev–Trinajstić information content (AvgIpc) is 2.23. The molecule has 0 radical (unpaired) electrons. The summed E-state index contributed by atoms with van der Waals surface area (Å²) in [6.07, 6.45) is -0.00440. The molecule has 2 amide bonds. The second-order valence-corrected chi connectivity index (χ2v) is 5.16. The van der Waals surface area contributed by atoms with Gasteiger partial charge in [0.1, 0.15) is 5.60 Å². The molecule has 0 aliphatic carbocycles. The van der Waals surface area contributed by atoms with E-state index in [2.05, 4.69) is 16.0 Å². The number of amides is 2. The zero-order valence-electron chi connectivity index (χ0n) is 11.9. The molecule has 6 nitrogen and oxygen atoms in total. The van der Waals surface area contributed by atoms with Crippen LogP contribution in [0.5, 0.6) is 0 Å². The Kier molecular flexibility index (Phi) is 7.35. The molecule has 0 saturated carbocycles. The zero-order chi connectivity index (χ0) is 14.2. The SMILES string of the molecule is CNC(=O)CCNC(C)CNC(=O)OC(C)(C)C. The first-order valence-electron chi connectivity index (χ1n) is 6.15. The Balaban J connectivity index is 3.67. The second kappa shape index (κ2) is 7.92. The van der Waals surface area contributed by atoms with Gasteiger partial charge in [0.2, 0.25) is 5.91 Å². The molecular weight excluding hydrogens is 234 g/mol. The van der Waals surface area contributed by atoms with Crippen LogP contribution in [0.25, 0.3) is 0 Å². The first-order chi connectivity index (χ1) is 8.24. The Morgan fingerprint density at radius 2 is 1.89 bits per heavy atom. The van der Waals surface area contributed by atoms with Crippen molar-refractivity contribution in [3.8, 4) is 0 Å². The van der Waals surface area contributed by atoms with E-state index < -0.39 is 11.7 Å². The van der Waals surface area contributed by atoms with Gasteiger partial charge < -0.3 is 20.7 Å². The lowest BCUT2D eigenvalue weighted by molar-refractivity contribution is -0.120. The Hall–Kier alpha value is -1.30. The van der Waals surface area contributed by atoms with Crippen molar-refractivity contribution in [1.29, 1.82) is 0 Å². The highest BCUT2D eigenvalue weighted by atomic mass is 16.6. The minimum absolute atomic E-state index is 0.00481. The quantitative estimate of drug-likeness (QED) is 0.653. The van der Waals surface area contributed by atoms with Crippen molar-refractivity contribution in [2.24, 2.45) is 0 Å². The van der Waals surface area contributed by atoms with Crippen LogP contribution in [0.3, 0.4) is 0 Å². The van der Waals surface area contributed by atoms with Gasteiger partial charge in [-0.25, -0.2) is 4.79 Å². The van der Waals surface area contributed by atoms with E-state index in [0.29, 0.717) is 19.5 Å². The minimum atomic E-state index is -0.486. The molecule has 0 aromatic heterocycles. The van der Waals surface area contributed by atoms with Crippen LogP contribution in [0.1, 0.15) is 34.1 Å². The van der Waals surface area contributed by atoms with E-state index in [1.807, 2.05) is 27.7 Å². The number of ether oxygens (including phenoxy) is 1. The number of hydrogen-bond donors (Lipinski definition) is 3. The molecule has 106 valence electrons. The molecule has 0 aromatic rings. The fourth-order valence-corrected chi connectivity index (χ4v) is 1.18. The summed E-state index contributed by atoms with van der Waals surface area (Å²) in [6, 6.07) is 0.0853. The summed E-state index contributed by atoms with van der Waals surface area (Å²) in [5.74, 6) is -0.00481. The summed E-state index contributed by atoms with van der Waals surface area (Å²) in [7, 11) is 1.61. The van der Waals surface area contributed by atoms with Crippen LogP contribution in [0, 0.1) is 0 Å². The Labute approximate surface area is 109 Å². The third-order valence-corrected chi connectivity index (χ3v) is 2.08. The van der Waals surface area contributed by atoms with Gasteiger partial charge in [0, 0.05) is 32.6 Å². The molecule has 6 heteroatoms. The van der Waals surface area contributed by atoms with Gasteiger partial charge in [-0.1, -0.05) is 0 Å². The summed E-state index contributed by atoms with van der Waals surface area (Å²) in [6.45, 7) is 8.42. The van der Waals surface area contributed by atoms with Crippen LogP contribution in [-0.2, 0) is 9.53 Å². The summed E-state index contributed by atoms with van der Waals surface area (Å²) in [4.78, 5) is 22.3. The van der Waals surface area contributed by atoms with Gasteiger partial charge >= 0.3 is 6.09 Å². The monoisotopic (exact) mass is 259 g/mol. The van der Waals surface area contributed by atoms with E-state index in [4.69, 9.17) is 4.74 Å². The number of alkyl carbamates (subject to hydrolysis) is 1. The Morgan fingerprint density at radius 1 is 1.28 bits per heavy atom. The molecule has 1 atom stereocenters. The molecule has 18 heavy (non-hydrogen) atoms. The number of rotatable bonds is 6. The maximum atomic E-state index is 11.4. The van der Waals surface area contributed by atoms with E-state index >= 15 is 0 Å². The van der Waals surface area contributed by atoms with Crippen molar-refractivity contribution in [1.82, 2.24) is 16.0 Å². The van der Waals surface area contributed by atoms with Crippen molar-refractivity contribution in [2.75, 3.05) is 20.1 Å². The van der Waals surface area contributed by atoms with Gasteiger partial charge in [0.15, 0.2) is 0 Å².